The van der Waals surface area contributed by atoms with E-state index in [0.29, 0.717) is 12.5 Å². The highest BCUT2D eigenvalue weighted by molar-refractivity contribution is 5.81. The molecule has 2 saturated heterocycles. The lowest BCUT2D eigenvalue weighted by Crippen LogP contribution is -2.34. The molecule has 2 N–H and O–H groups in total. The standard InChI is InChI=1S/C28H24N4O4/c33-24-15-34-28-25(16-35-27(24)28)36-26-14-23-22(31-26)11-10-21(30-23)19-4-2-17(3-5-19)18-6-8-20(9-7-18)32-13-1-12-29-32/h1-14,24-25,27-28,31,33H,15-16H2/t24-,25-,27?,28?/m1/s1. The SMILES string of the molecule is O[C@@H]1COC2C1OC[C@H]2Oc1cc2nc(-c3ccc(-c4ccc(-n5cccn5)cc4)cc3)ccc2[nH]1. The molecule has 0 bridgehead atoms. The van der Waals surface area contributed by atoms with Crippen molar-refractivity contribution in [2.45, 2.75) is 24.4 Å². The quantitative estimate of drug-likeness (QED) is 0.395. The van der Waals surface area contributed by atoms with Crippen LogP contribution in [0.2, 0.25) is 0 Å². The Balaban J connectivity index is 1.08. The summed E-state index contributed by atoms with van der Waals surface area (Å²) in [5.41, 5.74) is 6.96. The van der Waals surface area contributed by atoms with Gasteiger partial charge in [-0.25, -0.2) is 9.67 Å². The van der Waals surface area contributed by atoms with Gasteiger partial charge in [0, 0.05) is 24.0 Å². The molecule has 2 aliphatic rings. The van der Waals surface area contributed by atoms with E-state index in [0.717, 1.165) is 39.1 Å². The molecule has 8 nitrogen and oxygen atoms in total. The minimum Gasteiger partial charge on any atom is -0.470 e. The van der Waals surface area contributed by atoms with Crippen molar-refractivity contribution in [2.24, 2.45) is 0 Å². The Morgan fingerprint density at radius 1 is 0.889 bits per heavy atom. The van der Waals surface area contributed by atoms with Crippen LogP contribution in [0.3, 0.4) is 0 Å². The van der Waals surface area contributed by atoms with Crippen LogP contribution in [-0.4, -0.2) is 62.5 Å². The van der Waals surface area contributed by atoms with Crippen molar-refractivity contribution in [3.8, 4) is 34.0 Å². The Kier molecular flexibility index (Phi) is 5.09. The van der Waals surface area contributed by atoms with Crippen LogP contribution in [0.15, 0.2) is 85.2 Å². The number of H-pyrrole nitrogens is 1. The number of pyridine rings is 1. The monoisotopic (exact) mass is 480 g/mol. The van der Waals surface area contributed by atoms with Crippen LogP contribution in [0.25, 0.3) is 39.1 Å². The van der Waals surface area contributed by atoms with Gasteiger partial charge in [0.15, 0.2) is 12.0 Å². The van der Waals surface area contributed by atoms with Gasteiger partial charge in [0.25, 0.3) is 0 Å². The second-order valence-electron chi connectivity index (χ2n) is 9.16. The molecule has 5 aromatic rings. The molecular weight excluding hydrogens is 456 g/mol. The van der Waals surface area contributed by atoms with Crippen molar-refractivity contribution < 1.29 is 19.3 Å². The maximum Gasteiger partial charge on any atom is 0.193 e. The Morgan fingerprint density at radius 3 is 2.42 bits per heavy atom. The van der Waals surface area contributed by atoms with E-state index in [-0.39, 0.29) is 24.9 Å². The summed E-state index contributed by atoms with van der Waals surface area (Å²) in [6.07, 6.45) is 2.27. The van der Waals surface area contributed by atoms with E-state index in [4.69, 9.17) is 19.2 Å². The van der Waals surface area contributed by atoms with Gasteiger partial charge in [-0.05, 0) is 41.5 Å². The summed E-state index contributed by atoms with van der Waals surface area (Å²) in [6, 6.07) is 24.6. The van der Waals surface area contributed by atoms with E-state index in [9.17, 15) is 5.11 Å². The number of benzene rings is 2. The summed E-state index contributed by atoms with van der Waals surface area (Å²) < 4.78 is 19.3. The average Bonchev–Trinajstić information content (AvgIpc) is 3.71. The van der Waals surface area contributed by atoms with E-state index in [1.807, 2.05) is 35.1 Å². The molecule has 36 heavy (non-hydrogen) atoms. The largest absolute Gasteiger partial charge is 0.470 e. The second kappa shape index (κ2) is 8.60. The van der Waals surface area contributed by atoms with Crippen molar-refractivity contribution in [2.75, 3.05) is 13.2 Å². The zero-order valence-electron chi connectivity index (χ0n) is 19.3. The molecule has 2 aromatic carbocycles. The normalized spacial score (nSPS) is 23.2. The molecule has 0 amide bonds. The lowest BCUT2D eigenvalue weighted by Gasteiger charge is -2.16. The molecule has 0 spiro atoms. The summed E-state index contributed by atoms with van der Waals surface area (Å²) in [5.74, 6) is 0.614. The molecule has 5 heterocycles. The van der Waals surface area contributed by atoms with E-state index in [2.05, 4.69) is 58.6 Å². The number of aromatic amines is 1. The van der Waals surface area contributed by atoms with Crippen LogP contribution in [-0.2, 0) is 9.47 Å². The summed E-state index contributed by atoms with van der Waals surface area (Å²) in [5, 5.41) is 14.2. The fraction of sp³-hybridized carbons (Fsp3) is 0.214. The number of hydrogen-bond donors (Lipinski definition) is 2. The number of ether oxygens (including phenoxy) is 3. The molecule has 0 saturated carbocycles. The lowest BCUT2D eigenvalue weighted by molar-refractivity contribution is 0.00794. The predicted molar refractivity (Wildman–Crippen MR) is 134 cm³/mol. The molecule has 2 unspecified atom stereocenters. The summed E-state index contributed by atoms with van der Waals surface area (Å²) in [7, 11) is 0. The first-order chi connectivity index (χ1) is 17.7. The molecule has 0 aliphatic carbocycles. The zero-order valence-corrected chi connectivity index (χ0v) is 19.3. The minimum atomic E-state index is -0.594. The van der Waals surface area contributed by atoms with Gasteiger partial charge in [0.2, 0.25) is 0 Å². The van der Waals surface area contributed by atoms with Crippen LogP contribution in [0, 0.1) is 0 Å². The van der Waals surface area contributed by atoms with E-state index >= 15 is 0 Å². The number of rotatable bonds is 5. The number of fused-ring (bicyclic) bond motifs is 2. The maximum atomic E-state index is 9.94. The van der Waals surface area contributed by atoms with Gasteiger partial charge in [-0.3, -0.25) is 0 Å². The van der Waals surface area contributed by atoms with Crippen molar-refractivity contribution in [1.82, 2.24) is 19.7 Å². The van der Waals surface area contributed by atoms with Crippen LogP contribution >= 0.6 is 0 Å². The number of aliphatic hydroxyl groups excluding tert-OH is 1. The summed E-state index contributed by atoms with van der Waals surface area (Å²) in [4.78, 5) is 8.11. The number of nitrogens with zero attached hydrogens (tertiary/aromatic N) is 3. The van der Waals surface area contributed by atoms with Crippen LogP contribution in [0.4, 0.5) is 0 Å². The van der Waals surface area contributed by atoms with Crippen molar-refractivity contribution in [3.05, 3.63) is 85.2 Å². The Hall–Kier alpha value is -3.98. The third kappa shape index (κ3) is 3.76. The molecule has 0 radical (unpaired) electrons. The molecule has 2 aliphatic heterocycles. The summed E-state index contributed by atoms with van der Waals surface area (Å²) in [6.45, 7) is 0.668. The van der Waals surface area contributed by atoms with Crippen LogP contribution in [0.1, 0.15) is 0 Å². The second-order valence-corrected chi connectivity index (χ2v) is 9.16. The highest BCUT2D eigenvalue weighted by Gasteiger charge is 2.48. The van der Waals surface area contributed by atoms with E-state index < -0.39 is 6.10 Å². The number of aromatic nitrogens is 4. The van der Waals surface area contributed by atoms with Gasteiger partial charge in [-0.1, -0.05) is 36.4 Å². The lowest BCUT2D eigenvalue weighted by atomic mass is 10.0. The first-order valence-corrected chi connectivity index (χ1v) is 12.0. The predicted octanol–water partition coefficient (Wildman–Crippen LogP) is 3.99. The fourth-order valence-electron chi connectivity index (χ4n) is 4.98. The van der Waals surface area contributed by atoms with Gasteiger partial charge in [0.1, 0.15) is 18.3 Å². The third-order valence-corrected chi connectivity index (χ3v) is 6.86. The van der Waals surface area contributed by atoms with Gasteiger partial charge in [0.05, 0.1) is 35.6 Å². The molecule has 8 heteroatoms. The zero-order chi connectivity index (χ0) is 24.1. The van der Waals surface area contributed by atoms with Gasteiger partial charge in [-0.15, -0.1) is 0 Å². The van der Waals surface area contributed by atoms with Crippen LogP contribution in [0.5, 0.6) is 5.88 Å². The molecular formula is C28H24N4O4. The van der Waals surface area contributed by atoms with Crippen molar-refractivity contribution >= 4 is 11.0 Å². The Morgan fingerprint density at radius 2 is 1.64 bits per heavy atom. The Labute approximate surface area is 207 Å². The fourth-order valence-corrected chi connectivity index (χ4v) is 4.98. The highest BCUT2D eigenvalue weighted by Crippen LogP contribution is 2.31. The van der Waals surface area contributed by atoms with E-state index in [1.165, 1.54) is 0 Å². The molecule has 3 aromatic heterocycles. The molecule has 2 fully saturated rings. The van der Waals surface area contributed by atoms with Gasteiger partial charge >= 0.3 is 0 Å². The van der Waals surface area contributed by atoms with E-state index in [1.54, 1.807) is 6.20 Å². The summed E-state index contributed by atoms with van der Waals surface area (Å²) >= 11 is 0. The van der Waals surface area contributed by atoms with Crippen LogP contribution < -0.4 is 4.74 Å². The van der Waals surface area contributed by atoms with Gasteiger partial charge < -0.3 is 24.3 Å². The highest BCUT2D eigenvalue weighted by atomic mass is 16.6. The number of nitrogens with one attached hydrogen (secondary N) is 1. The smallest absolute Gasteiger partial charge is 0.193 e. The topological polar surface area (TPSA) is 94.4 Å². The number of aliphatic hydroxyl groups is 1. The minimum absolute atomic E-state index is 0.254. The molecule has 7 rings (SSSR count). The maximum absolute atomic E-state index is 9.94. The first kappa shape index (κ1) is 21.3. The average molecular weight is 481 g/mol. The third-order valence-electron chi connectivity index (χ3n) is 6.86. The Bertz CT molecular complexity index is 1500. The molecule has 4 atom stereocenters. The molecule has 180 valence electrons. The van der Waals surface area contributed by atoms with Gasteiger partial charge in [-0.2, -0.15) is 5.10 Å². The first-order valence-electron chi connectivity index (χ1n) is 12.0. The number of hydrogen-bond acceptors (Lipinski definition) is 6. The van der Waals surface area contributed by atoms with Crippen molar-refractivity contribution in [3.63, 3.8) is 0 Å². The van der Waals surface area contributed by atoms with Crippen molar-refractivity contribution in [1.29, 1.82) is 0 Å².